The molecule has 4 aromatic rings. The van der Waals surface area contributed by atoms with Gasteiger partial charge in [0.25, 0.3) is 0 Å². The van der Waals surface area contributed by atoms with Gasteiger partial charge in [-0.1, -0.05) is 30.3 Å². The monoisotopic (exact) mass is 286 g/mol. The highest BCUT2D eigenvalue weighted by molar-refractivity contribution is 5.91. The third-order valence-corrected chi connectivity index (χ3v) is 3.66. The standard InChI is InChI=1S/C18H14N4/c19-14-8-6-13(7-9-14)17-21-16-15(10-11-20-18(16)22-17)12-4-2-1-3-5-12/h1-11H,19H2,(H,20,21,22). The van der Waals surface area contributed by atoms with Crippen molar-refractivity contribution in [1.82, 2.24) is 15.0 Å². The normalized spacial score (nSPS) is 10.9. The summed E-state index contributed by atoms with van der Waals surface area (Å²) < 4.78 is 0. The molecule has 0 radical (unpaired) electrons. The summed E-state index contributed by atoms with van der Waals surface area (Å²) in [4.78, 5) is 12.3. The number of anilines is 1. The molecule has 0 saturated carbocycles. The van der Waals surface area contributed by atoms with E-state index in [0.29, 0.717) is 5.65 Å². The number of aromatic nitrogens is 3. The molecule has 4 nitrogen and oxygen atoms in total. The van der Waals surface area contributed by atoms with Gasteiger partial charge in [-0.2, -0.15) is 0 Å². The van der Waals surface area contributed by atoms with Crippen LogP contribution in [-0.2, 0) is 0 Å². The number of fused-ring (bicyclic) bond motifs is 1. The van der Waals surface area contributed by atoms with Crippen molar-refractivity contribution < 1.29 is 0 Å². The number of nitrogen functional groups attached to an aromatic ring is 1. The van der Waals surface area contributed by atoms with E-state index in [9.17, 15) is 0 Å². The second-order valence-electron chi connectivity index (χ2n) is 5.13. The zero-order valence-electron chi connectivity index (χ0n) is 11.8. The third-order valence-electron chi connectivity index (χ3n) is 3.66. The van der Waals surface area contributed by atoms with Crippen molar-refractivity contribution >= 4 is 16.9 Å². The lowest BCUT2D eigenvalue weighted by atomic mass is 10.1. The van der Waals surface area contributed by atoms with E-state index in [0.717, 1.165) is 33.7 Å². The molecule has 4 heteroatoms. The Morgan fingerprint density at radius 3 is 2.36 bits per heavy atom. The Balaban J connectivity index is 1.89. The van der Waals surface area contributed by atoms with Crippen LogP contribution in [0.1, 0.15) is 0 Å². The van der Waals surface area contributed by atoms with Crippen molar-refractivity contribution in [2.45, 2.75) is 0 Å². The number of aromatic amines is 1. The molecule has 2 aromatic heterocycles. The lowest BCUT2D eigenvalue weighted by Gasteiger charge is -2.01. The molecule has 0 atom stereocenters. The minimum Gasteiger partial charge on any atom is -0.399 e. The van der Waals surface area contributed by atoms with Gasteiger partial charge in [-0.15, -0.1) is 0 Å². The Morgan fingerprint density at radius 2 is 1.59 bits per heavy atom. The summed E-state index contributed by atoms with van der Waals surface area (Å²) in [5, 5.41) is 0. The molecule has 0 unspecified atom stereocenters. The van der Waals surface area contributed by atoms with Gasteiger partial charge < -0.3 is 10.7 Å². The number of pyridine rings is 1. The fraction of sp³-hybridized carbons (Fsp3) is 0. The van der Waals surface area contributed by atoms with E-state index in [1.165, 1.54) is 0 Å². The van der Waals surface area contributed by atoms with Crippen LogP contribution >= 0.6 is 0 Å². The minimum atomic E-state index is 0.716. The number of hydrogen-bond acceptors (Lipinski definition) is 3. The first kappa shape index (κ1) is 12.6. The second-order valence-corrected chi connectivity index (χ2v) is 5.13. The van der Waals surface area contributed by atoms with E-state index < -0.39 is 0 Å². The van der Waals surface area contributed by atoms with Crippen LogP contribution in [0.15, 0.2) is 66.9 Å². The van der Waals surface area contributed by atoms with Gasteiger partial charge in [-0.25, -0.2) is 9.97 Å². The SMILES string of the molecule is Nc1ccc(-c2nc3nccc(-c4ccccc4)c3[nH]2)cc1. The molecule has 0 fully saturated rings. The topological polar surface area (TPSA) is 67.6 Å². The maximum Gasteiger partial charge on any atom is 0.178 e. The number of imidazole rings is 1. The first-order chi connectivity index (χ1) is 10.8. The van der Waals surface area contributed by atoms with Gasteiger partial charge >= 0.3 is 0 Å². The smallest absolute Gasteiger partial charge is 0.178 e. The average molecular weight is 286 g/mol. The fourth-order valence-corrected chi connectivity index (χ4v) is 2.55. The first-order valence-corrected chi connectivity index (χ1v) is 7.07. The Morgan fingerprint density at radius 1 is 0.818 bits per heavy atom. The van der Waals surface area contributed by atoms with Gasteiger partial charge in [-0.05, 0) is 35.9 Å². The Kier molecular flexibility index (Phi) is 2.86. The van der Waals surface area contributed by atoms with Crippen LogP contribution in [0.25, 0.3) is 33.7 Å². The summed E-state index contributed by atoms with van der Waals surface area (Å²) in [7, 11) is 0. The molecule has 0 bridgehead atoms. The molecular weight excluding hydrogens is 272 g/mol. The summed E-state index contributed by atoms with van der Waals surface area (Å²) >= 11 is 0. The summed E-state index contributed by atoms with van der Waals surface area (Å²) in [5.41, 5.74) is 11.4. The van der Waals surface area contributed by atoms with Crippen molar-refractivity contribution in [3.05, 3.63) is 66.9 Å². The number of rotatable bonds is 2. The number of nitrogens with zero attached hydrogens (tertiary/aromatic N) is 2. The first-order valence-electron chi connectivity index (χ1n) is 7.07. The van der Waals surface area contributed by atoms with Crippen LogP contribution in [0.4, 0.5) is 5.69 Å². The van der Waals surface area contributed by atoms with E-state index in [2.05, 4.69) is 27.1 Å². The molecular formula is C18H14N4. The maximum atomic E-state index is 5.74. The number of H-pyrrole nitrogens is 1. The highest BCUT2D eigenvalue weighted by Gasteiger charge is 2.10. The number of benzene rings is 2. The predicted octanol–water partition coefficient (Wildman–Crippen LogP) is 3.87. The summed E-state index contributed by atoms with van der Waals surface area (Å²) in [5.74, 6) is 0.797. The molecule has 106 valence electrons. The van der Waals surface area contributed by atoms with E-state index in [-0.39, 0.29) is 0 Å². The summed E-state index contributed by atoms with van der Waals surface area (Å²) in [6, 6.07) is 19.9. The molecule has 0 spiro atoms. The Bertz CT molecular complexity index is 924. The van der Waals surface area contributed by atoms with Gasteiger partial charge in [0.05, 0.1) is 5.52 Å². The molecule has 0 aliphatic carbocycles. The van der Waals surface area contributed by atoms with Crippen molar-refractivity contribution in [1.29, 1.82) is 0 Å². The fourth-order valence-electron chi connectivity index (χ4n) is 2.55. The van der Waals surface area contributed by atoms with Gasteiger partial charge in [0.1, 0.15) is 5.82 Å². The lowest BCUT2D eigenvalue weighted by molar-refractivity contribution is 1.30. The highest BCUT2D eigenvalue weighted by atomic mass is 15.0. The van der Waals surface area contributed by atoms with E-state index in [4.69, 9.17) is 5.73 Å². The van der Waals surface area contributed by atoms with Crippen molar-refractivity contribution in [2.75, 3.05) is 5.73 Å². The predicted molar refractivity (Wildman–Crippen MR) is 89.2 cm³/mol. The molecule has 3 N–H and O–H groups in total. The number of nitrogens with two attached hydrogens (primary N) is 1. The van der Waals surface area contributed by atoms with Gasteiger partial charge in [0.15, 0.2) is 5.65 Å². The van der Waals surface area contributed by atoms with Crippen molar-refractivity contribution in [3.63, 3.8) is 0 Å². The molecule has 0 aliphatic heterocycles. The quantitative estimate of drug-likeness (QED) is 0.550. The average Bonchev–Trinajstić information content (AvgIpc) is 3.00. The molecule has 2 heterocycles. The van der Waals surface area contributed by atoms with Crippen LogP contribution < -0.4 is 5.73 Å². The van der Waals surface area contributed by atoms with Crippen LogP contribution in [0.2, 0.25) is 0 Å². The van der Waals surface area contributed by atoms with Crippen molar-refractivity contribution in [3.8, 4) is 22.5 Å². The van der Waals surface area contributed by atoms with Crippen molar-refractivity contribution in [2.24, 2.45) is 0 Å². The van der Waals surface area contributed by atoms with Crippen LogP contribution in [0.3, 0.4) is 0 Å². The Labute approximate surface area is 127 Å². The third kappa shape index (κ3) is 2.11. The molecule has 4 rings (SSSR count). The van der Waals surface area contributed by atoms with E-state index in [1.54, 1.807) is 6.20 Å². The lowest BCUT2D eigenvalue weighted by Crippen LogP contribution is -1.85. The van der Waals surface area contributed by atoms with Gasteiger partial charge in [0.2, 0.25) is 0 Å². The number of nitrogens with one attached hydrogen (secondary N) is 1. The van der Waals surface area contributed by atoms with Crippen LogP contribution in [-0.4, -0.2) is 15.0 Å². The highest BCUT2D eigenvalue weighted by Crippen LogP contribution is 2.28. The van der Waals surface area contributed by atoms with E-state index in [1.807, 2.05) is 48.5 Å². The largest absolute Gasteiger partial charge is 0.399 e. The van der Waals surface area contributed by atoms with E-state index >= 15 is 0 Å². The minimum absolute atomic E-state index is 0.716. The molecule has 0 saturated heterocycles. The van der Waals surface area contributed by atoms with Gasteiger partial charge in [0, 0.05) is 23.0 Å². The summed E-state index contributed by atoms with van der Waals surface area (Å²) in [6.45, 7) is 0. The summed E-state index contributed by atoms with van der Waals surface area (Å²) in [6.07, 6.45) is 1.79. The number of hydrogen-bond donors (Lipinski definition) is 2. The Hall–Kier alpha value is -3.14. The molecule has 2 aromatic carbocycles. The molecule has 0 aliphatic rings. The zero-order chi connectivity index (χ0) is 14.9. The van der Waals surface area contributed by atoms with Crippen LogP contribution in [0, 0.1) is 0 Å². The van der Waals surface area contributed by atoms with Crippen LogP contribution in [0.5, 0.6) is 0 Å². The maximum absolute atomic E-state index is 5.74. The molecule has 22 heavy (non-hydrogen) atoms. The molecule has 0 amide bonds. The van der Waals surface area contributed by atoms with Gasteiger partial charge in [-0.3, -0.25) is 0 Å². The second kappa shape index (κ2) is 5.00. The zero-order valence-corrected chi connectivity index (χ0v) is 11.8.